The summed E-state index contributed by atoms with van der Waals surface area (Å²) in [6, 6.07) is 8.80. The van der Waals surface area contributed by atoms with Crippen LogP contribution in [0.1, 0.15) is 5.01 Å². The molecule has 4 aromatic rings. The van der Waals surface area contributed by atoms with Crippen LogP contribution in [0.3, 0.4) is 0 Å². The van der Waals surface area contributed by atoms with Gasteiger partial charge in [-0.1, -0.05) is 11.6 Å². The topological polar surface area (TPSA) is 96.4 Å². The Labute approximate surface area is 197 Å². The summed E-state index contributed by atoms with van der Waals surface area (Å²) in [5.41, 5.74) is 2.36. The molecule has 32 heavy (non-hydrogen) atoms. The van der Waals surface area contributed by atoms with E-state index in [9.17, 15) is 13.2 Å². The lowest BCUT2D eigenvalue weighted by atomic mass is 10.2. The lowest BCUT2D eigenvalue weighted by Crippen LogP contribution is -2.51. The SMILES string of the molecule is O=C1CN(S(=O)(=O)c2nc3ccc(Cl)cc3s2)CCN1Cc1nc(-c2ccncc2)cs1. The van der Waals surface area contributed by atoms with Crippen molar-refractivity contribution in [1.29, 1.82) is 0 Å². The molecule has 0 N–H and O–H groups in total. The molecule has 1 aliphatic rings. The first-order valence-electron chi connectivity index (χ1n) is 9.59. The van der Waals surface area contributed by atoms with Crippen LogP contribution < -0.4 is 0 Å². The molecule has 5 rings (SSSR count). The third kappa shape index (κ3) is 4.14. The van der Waals surface area contributed by atoms with Crippen molar-refractivity contribution in [2.75, 3.05) is 19.6 Å². The Bertz CT molecular complexity index is 1400. The highest BCUT2D eigenvalue weighted by Crippen LogP contribution is 2.30. The summed E-state index contributed by atoms with van der Waals surface area (Å²) in [5, 5.41) is 3.25. The number of rotatable bonds is 5. The van der Waals surface area contributed by atoms with Gasteiger partial charge in [-0.05, 0) is 30.3 Å². The van der Waals surface area contributed by atoms with Crippen molar-refractivity contribution in [3.63, 3.8) is 0 Å². The molecule has 8 nitrogen and oxygen atoms in total. The Morgan fingerprint density at radius 3 is 2.69 bits per heavy atom. The largest absolute Gasteiger partial charge is 0.333 e. The first-order chi connectivity index (χ1) is 15.4. The molecular weight excluding hydrogens is 490 g/mol. The van der Waals surface area contributed by atoms with Gasteiger partial charge < -0.3 is 4.90 Å². The molecule has 1 saturated heterocycles. The Morgan fingerprint density at radius 2 is 1.91 bits per heavy atom. The summed E-state index contributed by atoms with van der Waals surface area (Å²) in [6.07, 6.45) is 3.41. The molecule has 0 radical (unpaired) electrons. The average Bonchev–Trinajstić information content (AvgIpc) is 3.43. The van der Waals surface area contributed by atoms with E-state index in [-0.39, 0.29) is 23.3 Å². The monoisotopic (exact) mass is 505 g/mol. The lowest BCUT2D eigenvalue weighted by molar-refractivity contribution is -0.134. The lowest BCUT2D eigenvalue weighted by Gasteiger charge is -2.32. The van der Waals surface area contributed by atoms with Crippen LogP contribution in [0.15, 0.2) is 52.4 Å². The van der Waals surface area contributed by atoms with Gasteiger partial charge in [0, 0.05) is 41.4 Å². The number of hydrogen-bond donors (Lipinski definition) is 0. The van der Waals surface area contributed by atoms with E-state index in [1.165, 1.54) is 15.6 Å². The van der Waals surface area contributed by atoms with E-state index in [4.69, 9.17) is 11.6 Å². The molecule has 4 heterocycles. The van der Waals surface area contributed by atoms with Crippen LogP contribution >= 0.6 is 34.3 Å². The summed E-state index contributed by atoms with van der Waals surface area (Å²) in [7, 11) is -3.87. The number of hydrogen-bond acceptors (Lipinski definition) is 8. The van der Waals surface area contributed by atoms with Crippen LogP contribution in [0.4, 0.5) is 0 Å². The van der Waals surface area contributed by atoms with E-state index in [2.05, 4.69) is 15.0 Å². The zero-order chi connectivity index (χ0) is 22.3. The third-order valence-corrected chi connectivity index (χ3v) is 9.32. The zero-order valence-corrected chi connectivity index (χ0v) is 19.7. The van der Waals surface area contributed by atoms with Gasteiger partial charge in [-0.2, -0.15) is 4.31 Å². The fourth-order valence-electron chi connectivity index (χ4n) is 3.36. The van der Waals surface area contributed by atoms with E-state index >= 15 is 0 Å². The number of sulfonamides is 1. The maximum atomic E-state index is 13.1. The number of amides is 1. The molecule has 0 unspecified atom stereocenters. The van der Waals surface area contributed by atoms with Crippen molar-refractivity contribution in [2.24, 2.45) is 0 Å². The summed E-state index contributed by atoms with van der Waals surface area (Å²) < 4.78 is 28.0. The average molecular weight is 506 g/mol. The Morgan fingerprint density at radius 1 is 1.09 bits per heavy atom. The van der Waals surface area contributed by atoms with Gasteiger partial charge in [-0.15, -0.1) is 22.7 Å². The highest BCUT2D eigenvalue weighted by molar-refractivity contribution is 7.91. The van der Waals surface area contributed by atoms with Crippen LogP contribution in [0.25, 0.3) is 21.5 Å². The van der Waals surface area contributed by atoms with E-state index in [1.54, 1.807) is 35.5 Å². The van der Waals surface area contributed by atoms with E-state index < -0.39 is 10.0 Å². The van der Waals surface area contributed by atoms with Gasteiger partial charge in [0.2, 0.25) is 10.2 Å². The minimum atomic E-state index is -3.87. The van der Waals surface area contributed by atoms with Crippen molar-refractivity contribution in [3.05, 3.63) is 58.1 Å². The van der Waals surface area contributed by atoms with E-state index in [0.29, 0.717) is 28.3 Å². The van der Waals surface area contributed by atoms with Crippen LogP contribution in [0, 0.1) is 0 Å². The van der Waals surface area contributed by atoms with Gasteiger partial charge in [0.15, 0.2) is 0 Å². The molecule has 12 heteroatoms. The minimum Gasteiger partial charge on any atom is -0.333 e. The fraction of sp³-hybridized carbons (Fsp3) is 0.200. The molecule has 0 saturated carbocycles. The summed E-state index contributed by atoms with van der Waals surface area (Å²) in [4.78, 5) is 27.2. The van der Waals surface area contributed by atoms with Gasteiger partial charge in [-0.3, -0.25) is 9.78 Å². The van der Waals surface area contributed by atoms with Crippen LogP contribution in [-0.4, -0.2) is 58.1 Å². The van der Waals surface area contributed by atoms with Crippen LogP contribution in [0.2, 0.25) is 5.02 Å². The number of pyridine rings is 1. The van der Waals surface area contributed by atoms with Crippen molar-refractivity contribution in [1.82, 2.24) is 24.2 Å². The number of halogens is 1. The van der Waals surface area contributed by atoms with E-state index in [0.717, 1.165) is 27.6 Å². The number of fused-ring (bicyclic) bond motifs is 1. The van der Waals surface area contributed by atoms with Crippen molar-refractivity contribution >= 4 is 60.4 Å². The molecule has 0 spiro atoms. The molecule has 0 atom stereocenters. The quantitative estimate of drug-likeness (QED) is 0.412. The molecule has 3 aromatic heterocycles. The molecule has 1 amide bonds. The normalized spacial score (nSPS) is 15.5. The molecule has 1 aliphatic heterocycles. The van der Waals surface area contributed by atoms with Crippen LogP contribution in [0.5, 0.6) is 0 Å². The van der Waals surface area contributed by atoms with Crippen molar-refractivity contribution in [2.45, 2.75) is 10.9 Å². The van der Waals surface area contributed by atoms with Gasteiger partial charge in [0.25, 0.3) is 10.0 Å². The van der Waals surface area contributed by atoms with Gasteiger partial charge in [0.05, 0.1) is 29.0 Å². The second-order valence-corrected chi connectivity index (χ2v) is 11.6. The maximum Gasteiger partial charge on any atom is 0.270 e. The second kappa shape index (κ2) is 8.49. The predicted octanol–water partition coefficient (Wildman–Crippen LogP) is 3.50. The Kier molecular flexibility index (Phi) is 5.68. The highest BCUT2D eigenvalue weighted by atomic mass is 35.5. The number of nitrogens with zero attached hydrogens (tertiary/aromatic N) is 5. The summed E-state index contributed by atoms with van der Waals surface area (Å²) >= 11 is 8.52. The number of carbonyl (C=O) groups excluding carboxylic acids is 1. The zero-order valence-electron chi connectivity index (χ0n) is 16.5. The number of carbonyl (C=O) groups is 1. The van der Waals surface area contributed by atoms with Gasteiger partial charge >= 0.3 is 0 Å². The van der Waals surface area contributed by atoms with Crippen molar-refractivity contribution < 1.29 is 13.2 Å². The standard InChI is InChI=1S/C20H16ClN5O3S3/c21-14-1-2-15-17(9-14)31-20(24-15)32(28,29)26-8-7-25(19(27)11-26)10-18-23-16(12-30-18)13-3-5-22-6-4-13/h1-6,9,12H,7-8,10-11H2. The summed E-state index contributed by atoms with van der Waals surface area (Å²) in [6.45, 7) is 0.621. The van der Waals surface area contributed by atoms with Gasteiger partial charge in [0.1, 0.15) is 5.01 Å². The molecular formula is C20H16ClN5O3S3. The number of aromatic nitrogens is 3. The molecule has 164 valence electrons. The molecule has 1 aromatic carbocycles. The van der Waals surface area contributed by atoms with Crippen molar-refractivity contribution in [3.8, 4) is 11.3 Å². The van der Waals surface area contributed by atoms with E-state index in [1.807, 2.05) is 17.5 Å². The summed E-state index contributed by atoms with van der Waals surface area (Å²) in [5.74, 6) is -0.260. The predicted molar refractivity (Wildman–Crippen MR) is 124 cm³/mol. The number of thiazole rings is 2. The Hall–Kier alpha value is -2.44. The molecule has 0 aliphatic carbocycles. The minimum absolute atomic E-state index is 0.0297. The number of piperazine rings is 1. The van der Waals surface area contributed by atoms with Gasteiger partial charge in [-0.25, -0.2) is 18.4 Å². The highest BCUT2D eigenvalue weighted by Gasteiger charge is 2.35. The Balaban J connectivity index is 1.28. The maximum absolute atomic E-state index is 13.1. The third-order valence-electron chi connectivity index (χ3n) is 5.03. The first-order valence-corrected chi connectivity index (χ1v) is 13.1. The number of benzene rings is 1. The molecule has 1 fully saturated rings. The smallest absolute Gasteiger partial charge is 0.270 e. The van der Waals surface area contributed by atoms with Crippen LogP contribution in [-0.2, 0) is 21.4 Å². The fourth-order valence-corrected chi connectivity index (χ4v) is 7.19. The first kappa shape index (κ1) is 21.4. The molecule has 0 bridgehead atoms. The second-order valence-electron chi connectivity index (χ2n) is 7.11.